The van der Waals surface area contributed by atoms with Crippen molar-refractivity contribution in [3.8, 4) is 0 Å². The maximum atomic E-state index is 5.73. The second kappa shape index (κ2) is 4.93. The molecule has 102 valence electrons. The lowest BCUT2D eigenvalue weighted by Gasteiger charge is -2.18. The standard InChI is InChI=1S/C17H19N3/c1-19(11-13-7-9-14(18)10-8-13)17-12-20(2)16-6-4-3-5-15(16)17/h3-10,12H,11,18H2,1-2H3. The molecule has 0 bridgehead atoms. The summed E-state index contributed by atoms with van der Waals surface area (Å²) in [5.74, 6) is 0. The van der Waals surface area contributed by atoms with E-state index in [1.165, 1.54) is 22.2 Å². The Hall–Kier alpha value is -2.42. The lowest BCUT2D eigenvalue weighted by molar-refractivity contribution is 0.909. The lowest BCUT2D eigenvalue weighted by Crippen LogP contribution is -2.15. The molecule has 20 heavy (non-hydrogen) atoms. The number of hydrogen-bond acceptors (Lipinski definition) is 2. The third-order valence-electron chi connectivity index (χ3n) is 3.69. The fourth-order valence-electron chi connectivity index (χ4n) is 2.61. The summed E-state index contributed by atoms with van der Waals surface area (Å²) < 4.78 is 2.17. The third kappa shape index (κ3) is 2.23. The molecule has 0 amide bonds. The molecule has 0 aliphatic rings. The van der Waals surface area contributed by atoms with Gasteiger partial charge in [0.25, 0.3) is 0 Å². The molecule has 0 aliphatic carbocycles. The summed E-state index contributed by atoms with van der Waals surface area (Å²) in [4.78, 5) is 2.27. The summed E-state index contributed by atoms with van der Waals surface area (Å²) in [6.07, 6.45) is 2.18. The number of aryl methyl sites for hydroxylation is 1. The molecule has 2 N–H and O–H groups in total. The molecule has 1 aromatic heterocycles. The Kier molecular flexibility index (Phi) is 3.11. The highest BCUT2D eigenvalue weighted by atomic mass is 15.1. The van der Waals surface area contributed by atoms with Crippen molar-refractivity contribution in [3.63, 3.8) is 0 Å². The Balaban J connectivity index is 1.92. The first-order chi connectivity index (χ1) is 9.65. The highest BCUT2D eigenvalue weighted by molar-refractivity contribution is 5.93. The molecule has 1 heterocycles. The zero-order chi connectivity index (χ0) is 14.1. The molecule has 2 aromatic carbocycles. The number of nitrogen functional groups attached to an aromatic ring is 1. The van der Waals surface area contributed by atoms with Crippen LogP contribution in [-0.4, -0.2) is 11.6 Å². The highest BCUT2D eigenvalue weighted by Crippen LogP contribution is 2.28. The molecule has 0 unspecified atom stereocenters. The first kappa shape index (κ1) is 12.6. The van der Waals surface area contributed by atoms with Gasteiger partial charge < -0.3 is 15.2 Å². The average Bonchev–Trinajstić information content (AvgIpc) is 2.79. The Morgan fingerprint density at radius 2 is 1.75 bits per heavy atom. The van der Waals surface area contributed by atoms with Crippen LogP contribution in [-0.2, 0) is 13.6 Å². The predicted molar refractivity (Wildman–Crippen MR) is 85.9 cm³/mol. The van der Waals surface area contributed by atoms with Crippen molar-refractivity contribution in [2.24, 2.45) is 7.05 Å². The first-order valence-electron chi connectivity index (χ1n) is 6.75. The zero-order valence-electron chi connectivity index (χ0n) is 11.9. The van der Waals surface area contributed by atoms with Gasteiger partial charge in [-0.05, 0) is 23.8 Å². The van der Waals surface area contributed by atoms with E-state index in [4.69, 9.17) is 5.73 Å². The van der Waals surface area contributed by atoms with Crippen LogP contribution in [0.4, 0.5) is 11.4 Å². The molecular formula is C17H19N3. The third-order valence-corrected chi connectivity index (χ3v) is 3.69. The first-order valence-corrected chi connectivity index (χ1v) is 6.75. The quantitative estimate of drug-likeness (QED) is 0.736. The molecular weight excluding hydrogens is 246 g/mol. The van der Waals surface area contributed by atoms with Gasteiger partial charge in [0.1, 0.15) is 0 Å². The smallest absolute Gasteiger partial charge is 0.0626 e. The van der Waals surface area contributed by atoms with E-state index in [-0.39, 0.29) is 0 Å². The number of fused-ring (bicyclic) bond motifs is 1. The van der Waals surface area contributed by atoms with Crippen LogP contribution in [0.1, 0.15) is 5.56 Å². The summed E-state index contributed by atoms with van der Waals surface area (Å²) in [6.45, 7) is 0.869. The number of hydrogen-bond donors (Lipinski definition) is 1. The van der Waals surface area contributed by atoms with Crippen molar-refractivity contribution in [3.05, 3.63) is 60.3 Å². The SMILES string of the molecule is CN(Cc1ccc(N)cc1)c1cn(C)c2ccccc12. The van der Waals surface area contributed by atoms with Gasteiger partial charge in [-0.3, -0.25) is 0 Å². The number of nitrogens with zero attached hydrogens (tertiary/aromatic N) is 2. The van der Waals surface area contributed by atoms with Crippen LogP contribution < -0.4 is 10.6 Å². The van der Waals surface area contributed by atoms with Crippen molar-refractivity contribution < 1.29 is 0 Å². The number of nitrogens with two attached hydrogens (primary N) is 1. The fourth-order valence-corrected chi connectivity index (χ4v) is 2.61. The molecule has 0 radical (unpaired) electrons. The molecule has 3 heteroatoms. The highest BCUT2D eigenvalue weighted by Gasteiger charge is 2.10. The molecule has 0 spiro atoms. The van der Waals surface area contributed by atoms with Crippen LogP contribution in [0.2, 0.25) is 0 Å². The van der Waals surface area contributed by atoms with E-state index in [2.05, 4.69) is 66.2 Å². The van der Waals surface area contributed by atoms with E-state index in [0.717, 1.165) is 12.2 Å². The van der Waals surface area contributed by atoms with Crippen molar-refractivity contribution >= 4 is 22.3 Å². The Labute approximate surface area is 119 Å². The monoisotopic (exact) mass is 265 g/mol. The van der Waals surface area contributed by atoms with Gasteiger partial charge in [-0.2, -0.15) is 0 Å². The normalized spacial score (nSPS) is 10.9. The van der Waals surface area contributed by atoms with E-state index in [9.17, 15) is 0 Å². The fraction of sp³-hybridized carbons (Fsp3) is 0.176. The van der Waals surface area contributed by atoms with Crippen molar-refractivity contribution in [1.82, 2.24) is 4.57 Å². The molecule has 0 fully saturated rings. The maximum absolute atomic E-state index is 5.73. The lowest BCUT2D eigenvalue weighted by atomic mass is 10.2. The summed E-state index contributed by atoms with van der Waals surface area (Å²) in [5.41, 5.74) is 10.3. The molecule has 3 nitrogen and oxygen atoms in total. The summed E-state index contributed by atoms with van der Waals surface area (Å²) in [6, 6.07) is 16.5. The minimum atomic E-state index is 0.807. The molecule has 3 aromatic rings. The largest absolute Gasteiger partial charge is 0.399 e. The van der Waals surface area contributed by atoms with Crippen LogP contribution in [0.15, 0.2) is 54.7 Å². The van der Waals surface area contributed by atoms with E-state index in [1.807, 2.05) is 12.1 Å². The van der Waals surface area contributed by atoms with Gasteiger partial charge in [0, 0.05) is 43.4 Å². The Bertz CT molecular complexity index is 726. The van der Waals surface area contributed by atoms with E-state index >= 15 is 0 Å². The number of anilines is 2. The molecule has 0 saturated carbocycles. The van der Waals surface area contributed by atoms with Gasteiger partial charge in [-0.15, -0.1) is 0 Å². The van der Waals surface area contributed by atoms with Crippen molar-refractivity contribution in [2.75, 3.05) is 17.7 Å². The molecule has 3 rings (SSSR count). The van der Waals surface area contributed by atoms with Gasteiger partial charge in [-0.1, -0.05) is 30.3 Å². The Morgan fingerprint density at radius 3 is 2.50 bits per heavy atom. The van der Waals surface area contributed by atoms with Gasteiger partial charge in [0.15, 0.2) is 0 Å². The molecule has 0 aliphatic heterocycles. The van der Waals surface area contributed by atoms with E-state index in [0.29, 0.717) is 0 Å². The second-order valence-electron chi connectivity index (χ2n) is 5.24. The number of benzene rings is 2. The summed E-state index contributed by atoms with van der Waals surface area (Å²) in [5, 5.41) is 1.29. The van der Waals surface area contributed by atoms with Crippen LogP contribution >= 0.6 is 0 Å². The van der Waals surface area contributed by atoms with E-state index in [1.54, 1.807) is 0 Å². The van der Waals surface area contributed by atoms with E-state index < -0.39 is 0 Å². The van der Waals surface area contributed by atoms with Crippen LogP contribution in [0.25, 0.3) is 10.9 Å². The minimum Gasteiger partial charge on any atom is -0.399 e. The summed E-state index contributed by atoms with van der Waals surface area (Å²) >= 11 is 0. The molecule has 0 saturated heterocycles. The predicted octanol–water partition coefficient (Wildman–Crippen LogP) is 3.40. The van der Waals surface area contributed by atoms with Crippen molar-refractivity contribution in [2.45, 2.75) is 6.54 Å². The van der Waals surface area contributed by atoms with Gasteiger partial charge in [0.05, 0.1) is 5.69 Å². The summed E-state index contributed by atoms with van der Waals surface area (Å²) in [7, 11) is 4.21. The van der Waals surface area contributed by atoms with Crippen LogP contribution in [0.3, 0.4) is 0 Å². The number of para-hydroxylation sites is 1. The number of aromatic nitrogens is 1. The Morgan fingerprint density at radius 1 is 1.05 bits per heavy atom. The average molecular weight is 265 g/mol. The topological polar surface area (TPSA) is 34.2 Å². The minimum absolute atomic E-state index is 0.807. The zero-order valence-corrected chi connectivity index (χ0v) is 11.9. The second-order valence-corrected chi connectivity index (χ2v) is 5.24. The van der Waals surface area contributed by atoms with Gasteiger partial charge in [0.2, 0.25) is 0 Å². The maximum Gasteiger partial charge on any atom is 0.0626 e. The number of rotatable bonds is 3. The van der Waals surface area contributed by atoms with Gasteiger partial charge in [-0.25, -0.2) is 0 Å². The van der Waals surface area contributed by atoms with Crippen molar-refractivity contribution in [1.29, 1.82) is 0 Å². The van der Waals surface area contributed by atoms with Crippen LogP contribution in [0, 0.1) is 0 Å². The molecule has 0 atom stereocenters. The van der Waals surface area contributed by atoms with Crippen LogP contribution in [0.5, 0.6) is 0 Å². The van der Waals surface area contributed by atoms with Gasteiger partial charge >= 0.3 is 0 Å².